The van der Waals surface area contributed by atoms with Crippen LogP contribution in [0.2, 0.25) is 0 Å². The maximum absolute atomic E-state index is 13.6. The van der Waals surface area contributed by atoms with E-state index in [1.807, 2.05) is 13.0 Å². The average Bonchev–Trinajstić information content (AvgIpc) is 2.98. The third kappa shape index (κ3) is 10.4. The van der Waals surface area contributed by atoms with Gasteiger partial charge in [0.15, 0.2) is 5.79 Å². The van der Waals surface area contributed by atoms with Crippen LogP contribution in [0.25, 0.3) is 0 Å². The lowest BCUT2D eigenvalue weighted by Gasteiger charge is -2.49. The topological polar surface area (TPSA) is 135 Å². The fraction of sp³-hybridized carbons (Fsp3) is 0.727. The van der Waals surface area contributed by atoms with Crippen LogP contribution >= 0.6 is 0 Å². The summed E-state index contributed by atoms with van der Waals surface area (Å²) in [4.78, 5) is 13.3. The van der Waals surface area contributed by atoms with E-state index in [0.717, 1.165) is 12.5 Å². The molecule has 0 aromatic carbocycles. The molecule has 1 fully saturated rings. The Morgan fingerprint density at radius 3 is 2.33 bits per heavy atom. The Bertz CT molecular complexity index is 1100. The number of methoxy groups -OCH3 is 2. The molecule has 12 heteroatoms. The van der Waals surface area contributed by atoms with Crippen molar-refractivity contribution in [3.63, 3.8) is 0 Å². The van der Waals surface area contributed by atoms with E-state index in [-0.39, 0.29) is 5.76 Å². The number of alkyl halides is 3. The Morgan fingerprint density at radius 1 is 1.11 bits per heavy atom. The smallest absolute Gasteiger partial charge is 0.394 e. The lowest BCUT2D eigenvalue weighted by Crippen LogP contribution is -2.60. The number of halogens is 3. The highest BCUT2D eigenvalue weighted by Crippen LogP contribution is 2.44. The first-order valence-electron chi connectivity index (χ1n) is 15.4. The second-order valence-electron chi connectivity index (χ2n) is 12.6. The van der Waals surface area contributed by atoms with Crippen LogP contribution in [0.4, 0.5) is 13.2 Å². The summed E-state index contributed by atoms with van der Waals surface area (Å²) in [6, 6.07) is 0. The van der Waals surface area contributed by atoms with Gasteiger partial charge in [0.1, 0.15) is 12.2 Å². The zero-order chi connectivity index (χ0) is 34.3. The van der Waals surface area contributed by atoms with Gasteiger partial charge in [0.25, 0.3) is 0 Å². The minimum atomic E-state index is -4.64. The second-order valence-corrected chi connectivity index (χ2v) is 12.6. The molecule has 0 aromatic rings. The monoisotopic (exact) mass is 648 g/mol. The van der Waals surface area contributed by atoms with Gasteiger partial charge >= 0.3 is 12.1 Å². The molecule has 0 spiro atoms. The summed E-state index contributed by atoms with van der Waals surface area (Å²) in [7, 11) is 2.69. The van der Waals surface area contributed by atoms with Gasteiger partial charge in [-0.2, -0.15) is 13.2 Å². The minimum absolute atomic E-state index is 0.144. The number of aliphatic hydroxyl groups excluding tert-OH is 3. The number of cyclic esters (lactones) is 1. The van der Waals surface area contributed by atoms with Crippen LogP contribution in [-0.2, 0) is 23.7 Å². The Balaban J connectivity index is 2.49. The number of carbonyl (C=O) groups is 1. The highest BCUT2D eigenvalue weighted by molar-refractivity contribution is 5.87. The largest absolute Gasteiger partial charge is 0.490 e. The molecule has 0 radical (unpaired) electrons. The summed E-state index contributed by atoms with van der Waals surface area (Å²) in [6.07, 6.45) is -2.17. The Kier molecular flexibility index (Phi) is 14.3. The molecule has 9 nitrogen and oxygen atoms in total. The van der Waals surface area contributed by atoms with Gasteiger partial charge < -0.3 is 39.4 Å². The summed E-state index contributed by atoms with van der Waals surface area (Å²) >= 11 is 0. The molecule has 2 rings (SSSR count). The predicted molar refractivity (Wildman–Crippen MR) is 161 cm³/mol. The van der Waals surface area contributed by atoms with Crippen molar-refractivity contribution in [2.45, 2.75) is 116 Å². The molecule has 0 aliphatic carbocycles. The predicted octanol–water partition coefficient (Wildman–Crippen LogP) is 4.74. The number of rotatable bonds is 7. The molecule has 2 aliphatic heterocycles. The highest BCUT2D eigenvalue weighted by atomic mass is 19.4. The molecule has 0 amide bonds. The van der Waals surface area contributed by atoms with E-state index < -0.39 is 84.6 Å². The number of esters is 1. The SMILES string of the molecule is CO/C1=C/C(C)=C/CC(O)CC/C(C)=C/C=C\C(OC)C(C(C)C(O)C(C)C2(O)CC(O)C(C)C(C(C)C(F)(F)F)O2)OC1=O. The van der Waals surface area contributed by atoms with Crippen LogP contribution in [0.1, 0.15) is 67.2 Å². The summed E-state index contributed by atoms with van der Waals surface area (Å²) in [5.74, 6) is -8.46. The van der Waals surface area contributed by atoms with E-state index in [9.17, 15) is 38.4 Å². The van der Waals surface area contributed by atoms with Gasteiger partial charge in [-0.15, -0.1) is 0 Å². The average molecular weight is 649 g/mol. The standard InChI is InChI=1S/C33H51F3O9/c1-18-10-9-11-26(42-7)30(44-31(40)27(43-8)16-19(2)13-15-24(37)14-12-18)21(4)28(39)22(5)32(41)17-25(38)20(3)29(45-32)23(6)33(34,35)36/h9-11,13,16,20-26,28-30,37-39,41H,12,14-15,17H2,1-8H3/b11-9-,18-10+,19-13+,27-16+. The number of carbonyl (C=O) groups excluding carboxylic acids is 1. The summed E-state index contributed by atoms with van der Waals surface area (Å²) in [6.45, 7) is 8.96. The van der Waals surface area contributed by atoms with Crippen LogP contribution in [0.5, 0.6) is 0 Å². The molecule has 0 saturated carbocycles. The molecule has 2 heterocycles. The van der Waals surface area contributed by atoms with Crippen molar-refractivity contribution < 1.29 is 57.3 Å². The van der Waals surface area contributed by atoms with E-state index in [1.165, 1.54) is 34.1 Å². The zero-order valence-corrected chi connectivity index (χ0v) is 27.5. The fourth-order valence-electron chi connectivity index (χ4n) is 5.74. The first-order valence-corrected chi connectivity index (χ1v) is 15.4. The van der Waals surface area contributed by atoms with Crippen LogP contribution in [0, 0.1) is 23.7 Å². The van der Waals surface area contributed by atoms with E-state index in [2.05, 4.69) is 0 Å². The molecule has 0 aromatic heterocycles. The fourth-order valence-corrected chi connectivity index (χ4v) is 5.74. The van der Waals surface area contributed by atoms with Crippen molar-refractivity contribution in [2.24, 2.45) is 23.7 Å². The maximum atomic E-state index is 13.6. The summed E-state index contributed by atoms with van der Waals surface area (Å²) in [5.41, 5.74) is 1.63. The molecule has 0 bridgehead atoms. The van der Waals surface area contributed by atoms with Gasteiger partial charge in [-0.25, -0.2) is 4.79 Å². The Labute approximate surface area is 264 Å². The molecule has 1 saturated heterocycles. The van der Waals surface area contributed by atoms with Crippen molar-refractivity contribution in [3.05, 3.63) is 47.3 Å². The van der Waals surface area contributed by atoms with Crippen LogP contribution < -0.4 is 0 Å². The molecule has 2 aliphatic rings. The van der Waals surface area contributed by atoms with Crippen molar-refractivity contribution in [3.8, 4) is 0 Å². The van der Waals surface area contributed by atoms with Crippen LogP contribution in [0.3, 0.4) is 0 Å². The van der Waals surface area contributed by atoms with Gasteiger partial charge in [-0.05, 0) is 39.2 Å². The Morgan fingerprint density at radius 2 is 1.76 bits per heavy atom. The minimum Gasteiger partial charge on any atom is -0.490 e. The normalized spacial score (nSPS) is 38.2. The number of ether oxygens (including phenoxy) is 4. The molecule has 11 unspecified atom stereocenters. The first-order chi connectivity index (χ1) is 20.9. The summed E-state index contributed by atoms with van der Waals surface area (Å²) < 4.78 is 63.4. The van der Waals surface area contributed by atoms with Crippen LogP contribution in [-0.4, -0.2) is 89.2 Å². The number of allylic oxidation sites excluding steroid dienone is 5. The van der Waals surface area contributed by atoms with Gasteiger partial charge in [-0.3, -0.25) is 0 Å². The first kappa shape index (κ1) is 39.0. The molecule has 45 heavy (non-hydrogen) atoms. The summed E-state index contributed by atoms with van der Waals surface area (Å²) in [5, 5.41) is 44.1. The number of hydrogen-bond acceptors (Lipinski definition) is 9. The zero-order valence-electron chi connectivity index (χ0n) is 27.5. The van der Waals surface area contributed by atoms with E-state index in [1.54, 1.807) is 32.1 Å². The maximum Gasteiger partial charge on any atom is 0.394 e. The van der Waals surface area contributed by atoms with Crippen molar-refractivity contribution in [1.82, 2.24) is 0 Å². The third-order valence-corrected chi connectivity index (χ3v) is 9.14. The highest BCUT2D eigenvalue weighted by Gasteiger charge is 2.55. The lowest BCUT2D eigenvalue weighted by atomic mass is 9.76. The van der Waals surface area contributed by atoms with Gasteiger partial charge in [0.2, 0.25) is 5.76 Å². The van der Waals surface area contributed by atoms with Gasteiger partial charge in [-0.1, -0.05) is 63.1 Å². The molecule has 4 N–H and O–H groups in total. The second kappa shape index (κ2) is 16.6. The molecular formula is C33H51F3O9. The van der Waals surface area contributed by atoms with E-state index in [0.29, 0.717) is 24.8 Å². The van der Waals surface area contributed by atoms with E-state index >= 15 is 0 Å². The van der Waals surface area contributed by atoms with Crippen molar-refractivity contribution >= 4 is 5.97 Å². The molecular weight excluding hydrogens is 597 g/mol. The number of aliphatic hydroxyl groups is 4. The number of hydrogen-bond donors (Lipinski definition) is 4. The van der Waals surface area contributed by atoms with Crippen LogP contribution in [0.15, 0.2) is 47.3 Å². The van der Waals surface area contributed by atoms with Gasteiger partial charge in [0.05, 0.1) is 37.4 Å². The third-order valence-electron chi connectivity index (χ3n) is 9.14. The van der Waals surface area contributed by atoms with Crippen molar-refractivity contribution in [1.29, 1.82) is 0 Å². The van der Waals surface area contributed by atoms with Gasteiger partial charge in [0, 0.05) is 31.3 Å². The van der Waals surface area contributed by atoms with E-state index in [4.69, 9.17) is 18.9 Å². The molecule has 11 atom stereocenters. The quantitative estimate of drug-likeness (QED) is 0.289. The molecule has 258 valence electrons. The lowest BCUT2D eigenvalue weighted by molar-refractivity contribution is -0.345. The Hall–Kier alpha value is -2.22. The van der Waals surface area contributed by atoms with Crippen molar-refractivity contribution in [2.75, 3.05) is 14.2 Å².